The quantitative estimate of drug-likeness (QED) is 0.779. The first-order valence-corrected chi connectivity index (χ1v) is 11.0. The molecule has 4 heterocycles. The first-order chi connectivity index (χ1) is 13.7. The van der Waals surface area contributed by atoms with Crippen molar-refractivity contribution in [1.29, 1.82) is 0 Å². The number of rotatable bonds is 6. The smallest absolute Gasteiger partial charge is 0.267 e. The maximum Gasteiger partial charge on any atom is 0.267 e. The molecule has 2 fully saturated rings. The van der Waals surface area contributed by atoms with Crippen molar-refractivity contribution in [3.8, 4) is 0 Å². The molecular weight excluding hydrogens is 354 g/mol. The number of piperidine rings is 2. The topological polar surface area (TPSA) is 62.6 Å². The number of fused-ring (bicyclic) bond motifs is 1. The van der Waals surface area contributed by atoms with Gasteiger partial charge in [-0.1, -0.05) is 6.42 Å². The molecule has 7 nitrogen and oxygen atoms in total. The van der Waals surface area contributed by atoms with E-state index in [0.29, 0.717) is 31.8 Å². The molecule has 1 aromatic heterocycles. The highest BCUT2D eigenvalue weighted by Gasteiger charge is 2.24. The van der Waals surface area contributed by atoms with E-state index < -0.39 is 0 Å². The van der Waals surface area contributed by atoms with Gasteiger partial charge in [-0.15, -0.1) is 0 Å². The highest BCUT2D eigenvalue weighted by atomic mass is 16.5. The first kappa shape index (κ1) is 20.0. The monoisotopic (exact) mass is 389 g/mol. The normalized spacial score (nSPS) is 25.0. The third-order valence-electron chi connectivity index (χ3n) is 6.61. The van der Waals surface area contributed by atoms with Crippen LogP contribution in [0, 0.1) is 0 Å². The number of hydrogen-bond donors (Lipinski definition) is 1. The van der Waals surface area contributed by atoms with Crippen LogP contribution in [0.2, 0.25) is 0 Å². The Morgan fingerprint density at radius 1 is 1.18 bits per heavy atom. The molecule has 4 rings (SSSR count). The lowest BCUT2D eigenvalue weighted by Gasteiger charge is -2.38. The lowest BCUT2D eigenvalue weighted by molar-refractivity contribution is 0.107. The van der Waals surface area contributed by atoms with Crippen LogP contribution in [0.5, 0.6) is 0 Å². The summed E-state index contributed by atoms with van der Waals surface area (Å²) in [4.78, 5) is 17.4. The minimum absolute atomic E-state index is 0.00209. The third kappa shape index (κ3) is 5.00. The summed E-state index contributed by atoms with van der Waals surface area (Å²) in [6, 6.07) is 2.96. The minimum Gasteiger partial charge on any atom is -0.376 e. The van der Waals surface area contributed by atoms with E-state index in [2.05, 4.69) is 27.3 Å². The summed E-state index contributed by atoms with van der Waals surface area (Å²) in [5.41, 5.74) is 2.00. The van der Waals surface area contributed by atoms with Crippen LogP contribution in [-0.2, 0) is 24.3 Å². The summed E-state index contributed by atoms with van der Waals surface area (Å²) in [5.74, 6) is 0. The fourth-order valence-electron chi connectivity index (χ4n) is 4.74. The van der Waals surface area contributed by atoms with E-state index in [0.717, 1.165) is 37.3 Å². The first-order valence-electron chi connectivity index (χ1n) is 11.0. The lowest BCUT2D eigenvalue weighted by Crippen LogP contribution is -2.50. The SMILES string of the molecule is CN1CCC(NCC2CCCCN2CCn2nc3c(cc2=O)COCC3)CC1. The number of nitrogens with one attached hydrogen (secondary N) is 1. The van der Waals surface area contributed by atoms with Crippen molar-refractivity contribution in [3.63, 3.8) is 0 Å². The van der Waals surface area contributed by atoms with Crippen LogP contribution in [-0.4, -0.2) is 78.0 Å². The molecule has 3 aliphatic rings. The number of likely N-dealkylation sites (tertiary alicyclic amines) is 2. The molecular formula is C21H35N5O2. The average Bonchev–Trinajstić information content (AvgIpc) is 2.72. The summed E-state index contributed by atoms with van der Waals surface area (Å²) >= 11 is 0. The Labute approximate surface area is 168 Å². The molecule has 0 saturated carbocycles. The van der Waals surface area contributed by atoms with Gasteiger partial charge >= 0.3 is 0 Å². The largest absolute Gasteiger partial charge is 0.376 e. The number of hydrogen-bond acceptors (Lipinski definition) is 6. The zero-order valence-corrected chi connectivity index (χ0v) is 17.2. The van der Waals surface area contributed by atoms with E-state index in [1.54, 1.807) is 10.7 Å². The fourth-order valence-corrected chi connectivity index (χ4v) is 4.74. The zero-order valence-electron chi connectivity index (χ0n) is 17.2. The summed E-state index contributed by atoms with van der Waals surface area (Å²) in [6.45, 7) is 7.41. The van der Waals surface area contributed by atoms with Crippen molar-refractivity contribution in [1.82, 2.24) is 24.9 Å². The molecule has 3 aliphatic heterocycles. The van der Waals surface area contributed by atoms with Crippen LogP contribution in [0.1, 0.15) is 43.4 Å². The van der Waals surface area contributed by atoms with Gasteiger partial charge in [0.05, 0.1) is 25.5 Å². The van der Waals surface area contributed by atoms with Crippen LogP contribution >= 0.6 is 0 Å². The van der Waals surface area contributed by atoms with Gasteiger partial charge in [0.25, 0.3) is 5.56 Å². The minimum atomic E-state index is 0.00209. The van der Waals surface area contributed by atoms with Crippen molar-refractivity contribution in [3.05, 3.63) is 27.7 Å². The number of ether oxygens (including phenoxy) is 1. The molecule has 1 atom stereocenters. The van der Waals surface area contributed by atoms with Gasteiger partial charge in [0, 0.05) is 43.2 Å². The standard InChI is InChI=1S/C21H35N5O2/c1-24-9-5-18(6-10-24)22-15-19-4-2-3-8-25(19)11-12-26-21(27)14-17-16-28-13-7-20(17)23-26/h14,18-19,22H,2-13,15-16H2,1H3. The Morgan fingerprint density at radius 2 is 2.04 bits per heavy atom. The van der Waals surface area contributed by atoms with Crippen LogP contribution in [0.25, 0.3) is 0 Å². The molecule has 156 valence electrons. The lowest BCUT2D eigenvalue weighted by atomic mass is 10.0. The van der Waals surface area contributed by atoms with E-state index in [9.17, 15) is 4.79 Å². The van der Waals surface area contributed by atoms with E-state index in [1.165, 1.54) is 45.2 Å². The third-order valence-corrected chi connectivity index (χ3v) is 6.61. The van der Waals surface area contributed by atoms with E-state index in [4.69, 9.17) is 4.74 Å². The molecule has 1 unspecified atom stereocenters. The Balaban J connectivity index is 1.32. The second kappa shape index (κ2) is 9.48. The Bertz CT molecular complexity index is 699. The van der Waals surface area contributed by atoms with Crippen molar-refractivity contribution in [2.24, 2.45) is 0 Å². The van der Waals surface area contributed by atoms with Crippen LogP contribution in [0.4, 0.5) is 0 Å². The molecule has 2 saturated heterocycles. The molecule has 7 heteroatoms. The molecule has 0 aromatic carbocycles. The van der Waals surface area contributed by atoms with Crippen molar-refractivity contribution < 1.29 is 4.74 Å². The van der Waals surface area contributed by atoms with Gasteiger partial charge in [0.2, 0.25) is 0 Å². The molecule has 0 spiro atoms. The maximum absolute atomic E-state index is 12.4. The van der Waals surface area contributed by atoms with E-state index in [-0.39, 0.29) is 5.56 Å². The molecule has 28 heavy (non-hydrogen) atoms. The van der Waals surface area contributed by atoms with Gasteiger partial charge in [-0.3, -0.25) is 9.69 Å². The second-order valence-corrected chi connectivity index (χ2v) is 8.65. The fraction of sp³-hybridized carbons (Fsp3) is 0.810. The highest BCUT2D eigenvalue weighted by Crippen LogP contribution is 2.18. The van der Waals surface area contributed by atoms with E-state index in [1.807, 2.05) is 0 Å². The predicted octanol–water partition coefficient (Wildman–Crippen LogP) is 0.854. The summed E-state index contributed by atoms with van der Waals surface area (Å²) < 4.78 is 7.10. The molecule has 0 radical (unpaired) electrons. The summed E-state index contributed by atoms with van der Waals surface area (Å²) in [6.07, 6.45) is 7.14. The van der Waals surface area contributed by atoms with Crippen molar-refractivity contribution in [2.45, 2.75) is 63.8 Å². The van der Waals surface area contributed by atoms with Gasteiger partial charge in [-0.25, -0.2) is 4.68 Å². The van der Waals surface area contributed by atoms with Gasteiger partial charge in [-0.2, -0.15) is 5.10 Å². The maximum atomic E-state index is 12.4. The molecule has 1 N–H and O–H groups in total. The van der Waals surface area contributed by atoms with Gasteiger partial charge in [0.1, 0.15) is 0 Å². The molecule has 0 bridgehead atoms. The van der Waals surface area contributed by atoms with Crippen LogP contribution in [0.3, 0.4) is 0 Å². The summed E-state index contributed by atoms with van der Waals surface area (Å²) in [7, 11) is 2.21. The van der Waals surface area contributed by atoms with Crippen LogP contribution < -0.4 is 10.9 Å². The molecule has 0 aliphatic carbocycles. The average molecular weight is 390 g/mol. The van der Waals surface area contributed by atoms with Crippen molar-refractivity contribution in [2.75, 3.05) is 46.4 Å². The zero-order chi connectivity index (χ0) is 19.3. The molecule has 1 aromatic rings. The van der Waals surface area contributed by atoms with E-state index >= 15 is 0 Å². The van der Waals surface area contributed by atoms with Gasteiger partial charge in [0.15, 0.2) is 0 Å². The second-order valence-electron chi connectivity index (χ2n) is 8.65. The Hall–Kier alpha value is -1.28. The predicted molar refractivity (Wildman–Crippen MR) is 110 cm³/mol. The van der Waals surface area contributed by atoms with Gasteiger partial charge < -0.3 is 15.0 Å². The van der Waals surface area contributed by atoms with Crippen molar-refractivity contribution >= 4 is 0 Å². The molecule has 0 amide bonds. The number of aromatic nitrogens is 2. The van der Waals surface area contributed by atoms with Crippen LogP contribution in [0.15, 0.2) is 10.9 Å². The number of nitrogens with zero attached hydrogens (tertiary/aromatic N) is 4. The summed E-state index contributed by atoms with van der Waals surface area (Å²) in [5, 5.41) is 8.45. The highest BCUT2D eigenvalue weighted by molar-refractivity contribution is 5.18. The van der Waals surface area contributed by atoms with Gasteiger partial charge in [-0.05, 0) is 52.4 Å². The Kier molecular flexibility index (Phi) is 6.77. The Morgan fingerprint density at radius 3 is 2.89 bits per heavy atom.